The molecule has 0 aliphatic rings. The second-order valence-corrected chi connectivity index (χ2v) is 3.63. The molecular formula is C9H19F3N2. The molecule has 0 rings (SSSR count). The molecule has 0 aliphatic heterocycles. The highest BCUT2D eigenvalue weighted by molar-refractivity contribution is 4.55. The van der Waals surface area contributed by atoms with E-state index in [0.29, 0.717) is 6.54 Å². The summed E-state index contributed by atoms with van der Waals surface area (Å²) < 4.78 is 35.1. The van der Waals surface area contributed by atoms with E-state index in [9.17, 15) is 13.2 Å². The number of nitrogens with one attached hydrogen (secondary N) is 1. The van der Waals surface area contributed by atoms with E-state index in [1.165, 1.54) is 0 Å². The summed E-state index contributed by atoms with van der Waals surface area (Å²) in [4.78, 5) is 2.07. The van der Waals surface area contributed by atoms with Crippen LogP contribution >= 0.6 is 0 Å². The first-order valence-electron chi connectivity index (χ1n) is 4.84. The Labute approximate surface area is 83.5 Å². The Morgan fingerprint density at radius 2 is 1.71 bits per heavy atom. The minimum atomic E-state index is -4.03. The van der Waals surface area contributed by atoms with E-state index in [2.05, 4.69) is 10.2 Å². The van der Waals surface area contributed by atoms with Crippen LogP contribution in [0.3, 0.4) is 0 Å². The lowest BCUT2D eigenvalue weighted by molar-refractivity contribution is -0.133. The second kappa shape index (κ2) is 7.06. The number of halogens is 3. The monoisotopic (exact) mass is 212 g/mol. The van der Waals surface area contributed by atoms with E-state index in [4.69, 9.17) is 0 Å². The Balaban J connectivity index is 3.07. The maximum Gasteiger partial charge on any atom is 0.390 e. The molecule has 0 amide bonds. The van der Waals surface area contributed by atoms with Crippen LogP contribution in [0.25, 0.3) is 0 Å². The third-order valence-electron chi connectivity index (χ3n) is 1.79. The van der Waals surface area contributed by atoms with Crippen molar-refractivity contribution in [2.75, 3.05) is 33.7 Å². The molecule has 0 fully saturated rings. The molecule has 0 atom stereocenters. The van der Waals surface area contributed by atoms with Gasteiger partial charge in [0.15, 0.2) is 0 Å². The van der Waals surface area contributed by atoms with Crippen molar-refractivity contribution in [2.24, 2.45) is 0 Å². The quantitative estimate of drug-likeness (QED) is 0.648. The van der Waals surface area contributed by atoms with Crippen LogP contribution in [0.1, 0.15) is 19.3 Å². The van der Waals surface area contributed by atoms with E-state index >= 15 is 0 Å². The molecule has 0 bridgehead atoms. The first-order chi connectivity index (χ1) is 6.42. The smallest absolute Gasteiger partial charge is 0.316 e. The second-order valence-electron chi connectivity index (χ2n) is 3.63. The molecule has 0 saturated carbocycles. The Kier molecular flexibility index (Phi) is 6.92. The van der Waals surface area contributed by atoms with Gasteiger partial charge < -0.3 is 10.2 Å². The van der Waals surface area contributed by atoms with Crippen molar-refractivity contribution in [1.82, 2.24) is 10.2 Å². The van der Waals surface area contributed by atoms with Crippen molar-refractivity contribution in [1.29, 1.82) is 0 Å². The van der Waals surface area contributed by atoms with Crippen LogP contribution in [-0.2, 0) is 0 Å². The zero-order chi connectivity index (χ0) is 11.0. The Bertz CT molecular complexity index is 135. The molecule has 2 nitrogen and oxygen atoms in total. The molecule has 0 radical (unpaired) electrons. The Morgan fingerprint density at radius 3 is 2.21 bits per heavy atom. The molecule has 0 unspecified atom stereocenters. The number of alkyl halides is 3. The third-order valence-corrected chi connectivity index (χ3v) is 1.79. The van der Waals surface area contributed by atoms with Crippen LogP contribution in [0.5, 0.6) is 0 Å². The molecule has 0 heterocycles. The van der Waals surface area contributed by atoms with Gasteiger partial charge in [0.2, 0.25) is 0 Å². The highest BCUT2D eigenvalue weighted by Crippen LogP contribution is 2.17. The van der Waals surface area contributed by atoms with Gasteiger partial charge in [0.05, 0.1) is 6.42 Å². The zero-order valence-corrected chi connectivity index (χ0v) is 8.82. The number of unbranched alkanes of at least 4 members (excludes halogenated alkanes) is 1. The van der Waals surface area contributed by atoms with Gasteiger partial charge in [-0.3, -0.25) is 0 Å². The summed E-state index contributed by atoms with van der Waals surface area (Å²) in [5.41, 5.74) is 0. The summed E-state index contributed by atoms with van der Waals surface area (Å²) in [5, 5.41) is 2.78. The molecule has 0 aliphatic carbocycles. The lowest BCUT2D eigenvalue weighted by atomic mass is 10.3. The topological polar surface area (TPSA) is 15.3 Å². The van der Waals surface area contributed by atoms with Gasteiger partial charge in [-0.25, -0.2) is 0 Å². The number of rotatable bonds is 7. The highest BCUT2D eigenvalue weighted by atomic mass is 19.4. The lowest BCUT2D eigenvalue weighted by Crippen LogP contribution is -2.23. The van der Waals surface area contributed by atoms with Gasteiger partial charge in [0, 0.05) is 6.54 Å². The number of hydrogen-bond acceptors (Lipinski definition) is 2. The van der Waals surface area contributed by atoms with Crippen molar-refractivity contribution >= 4 is 0 Å². The predicted octanol–water partition coefficient (Wildman–Crippen LogP) is 1.87. The molecule has 0 saturated heterocycles. The van der Waals surface area contributed by atoms with Crippen LogP contribution in [0.2, 0.25) is 0 Å². The number of nitrogens with zero attached hydrogens (tertiary/aromatic N) is 1. The van der Waals surface area contributed by atoms with Crippen LogP contribution in [0.4, 0.5) is 13.2 Å². The van der Waals surface area contributed by atoms with Crippen molar-refractivity contribution < 1.29 is 13.2 Å². The molecule has 0 aromatic carbocycles. The van der Waals surface area contributed by atoms with Crippen LogP contribution < -0.4 is 5.32 Å². The van der Waals surface area contributed by atoms with Crippen LogP contribution in [0.15, 0.2) is 0 Å². The number of hydrogen-bond donors (Lipinski definition) is 1. The summed E-state index contributed by atoms with van der Waals surface area (Å²) in [6.45, 7) is 1.69. The average molecular weight is 212 g/mol. The van der Waals surface area contributed by atoms with Crippen molar-refractivity contribution in [3.63, 3.8) is 0 Å². The molecule has 0 aromatic rings. The van der Waals surface area contributed by atoms with Gasteiger partial charge in [-0.05, 0) is 40.0 Å². The van der Waals surface area contributed by atoms with Crippen LogP contribution in [-0.4, -0.2) is 44.8 Å². The van der Waals surface area contributed by atoms with Gasteiger partial charge in [0.25, 0.3) is 0 Å². The molecule has 0 aromatic heterocycles. The van der Waals surface area contributed by atoms with Crippen molar-refractivity contribution in [3.8, 4) is 0 Å². The van der Waals surface area contributed by atoms with E-state index in [1.54, 1.807) is 0 Å². The van der Waals surface area contributed by atoms with Gasteiger partial charge >= 0.3 is 6.18 Å². The third kappa shape index (κ3) is 11.7. The molecule has 0 spiro atoms. The maximum absolute atomic E-state index is 11.7. The van der Waals surface area contributed by atoms with Gasteiger partial charge in [0.1, 0.15) is 0 Å². The fourth-order valence-electron chi connectivity index (χ4n) is 1.03. The summed E-state index contributed by atoms with van der Waals surface area (Å²) in [6.07, 6.45) is -2.82. The molecule has 1 N–H and O–H groups in total. The summed E-state index contributed by atoms with van der Waals surface area (Å²) in [7, 11) is 3.97. The van der Waals surface area contributed by atoms with E-state index in [0.717, 1.165) is 19.4 Å². The fraction of sp³-hybridized carbons (Fsp3) is 1.00. The Morgan fingerprint density at radius 1 is 1.07 bits per heavy atom. The van der Waals surface area contributed by atoms with E-state index in [1.807, 2.05) is 14.1 Å². The summed E-state index contributed by atoms with van der Waals surface area (Å²) in [5.74, 6) is 0. The zero-order valence-electron chi connectivity index (χ0n) is 8.82. The minimum absolute atomic E-state index is 0.0332. The van der Waals surface area contributed by atoms with Crippen molar-refractivity contribution in [3.05, 3.63) is 0 Å². The lowest BCUT2D eigenvalue weighted by Gasteiger charge is -2.10. The average Bonchev–Trinajstić information content (AvgIpc) is 2.00. The van der Waals surface area contributed by atoms with Crippen molar-refractivity contribution in [2.45, 2.75) is 25.4 Å². The van der Waals surface area contributed by atoms with E-state index < -0.39 is 12.6 Å². The first-order valence-corrected chi connectivity index (χ1v) is 4.84. The fourth-order valence-corrected chi connectivity index (χ4v) is 1.03. The normalized spacial score (nSPS) is 12.4. The minimum Gasteiger partial charge on any atom is -0.316 e. The van der Waals surface area contributed by atoms with Gasteiger partial charge in [-0.15, -0.1) is 0 Å². The SMILES string of the molecule is CN(C)CCCCNCCC(F)(F)F. The molecular weight excluding hydrogens is 193 g/mol. The van der Waals surface area contributed by atoms with Crippen LogP contribution in [0, 0.1) is 0 Å². The molecule has 14 heavy (non-hydrogen) atoms. The standard InChI is InChI=1S/C9H19F3N2/c1-14(2)8-4-3-6-13-7-5-9(10,11)12/h13H,3-8H2,1-2H3. The summed E-state index contributed by atoms with van der Waals surface area (Å²) >= 11 is 0. The summed E-state index contributed by atoms with van der Waals surface area (Å²) in [6, 6.07) is 0. The first kappa shape index (κ1) is 13.7. The molecule has 5 heteroatoms. The maximum atomic E-state index is 11.7. The molecule has 86 valence electrons. The Hall–Kier alpha value is -0.290. The van der Waals surface area contributed by atoms with Gasteiger partial charge in [-0.2, -0.15) is 13.2 Å². The predicted molar refractivity (Wildman–Crippen MR) is 51.3 cm³/mol. The van der Waals surface area contributed by atoms with Gasteiger partial charge in [-0.1, -0.05) is 0 Å². The largest absolute Gasteiger partial charge is 0.390 e. The van der Waals surface area contributed by atoms with E-state index in [-0.39, 0.29) is 6.54 Å². The highest BCUT2D eigenvalue weighted by Gasteiger charge is 2.25.